The van der Waals surface area contributed by atoms with Crippen molar-refractivity contribution in [1.82, 2.24) is 10.2 Å². The van der Waals surface area contributed by atoms with Crippen molar-refractivity contribution in [1.29, 1.82) is 0 Å². The molecule has 1 unspecified atom stereocenters. The first-order valence-electron chi connectivity index (χ1n) is 14.4. The first-order valence-corrected chi connectivity index (χ1v) is 16.2. The van der Waals surface area contributed by atoms with E-state index in [0.29, 0.717) is 17.1 Å². The summed E-state index contributed by atoms with van der Waals surface area (Å²) in [5, 5.41) is 3.32. The van der Waals surface area contributed by atoms with Crippen LogP contribution < -0.4 is 9.62 Å². The minimum atomic E-state index is -4.39. The monoisotopic (exact) mass is 635 g/mol. The van der Waals surface area contributed by atoms with Crippen molar-refractivity contribution in [2.45, 2.75) is 43.7 Å². The molecule has 4 rings (SSSR count). The van der Waals surface area contributed by atoms with E-state index in [-0.39, 0.29) is 29.5 Å². The van der Waals surface area contributed by atoms with Gasteiger partial charge in [0, 0.05) is 24.5 Å². The number of hydrogen-bond acceptors (Lipinski definition) is 4. The third-order valence-electron chi connectivity index (χ3n) is 7.13. The van der Waals surface area contributed by atoms with Gasteiger partial charge in [0.15, 0.2) is 0 Å². The summed E-state index contributed by atoms with van der Waals surface area (Å²) in [6.45, 7) is 1.59. The van der Waals surface area contributed by atoms with Crippen LogP contribution in [0.4, 0.5) is 10.1 Å². The van der Waals surface area contributed by atoms with Crippen LogP contribution in [-0.4, -0.2) is 44.3 Å². The van der Waals surface area contributed by atoms with Crippen molar-refractivity contribution >= 4 is 39.1 Å². The molecule has 4 aromatic carbocycles. The molecule has 0 heterocycles. The summed E-state index contributed by atoms with van der Waals surface area (Å²) in [4.78, 5) is 29.3. The Kier molecular flexibility index (Phi) is 11.5. The molecule has 0 spiro atoms. The molecule has 0 aliphatic rings. The topological polar surface area (TPSA) is 86.8 Å². The Hall–Kier alpha value is -4.21. The number of hydrogen-bond donors (Lipinski definition) is 1. The van der Waals surface area contributed by atoms with Gasteiger partial charge in [0.05, 0.1) is 10.6 Å². The quantitative estimate of drug-likeness (QED) is 0.166. The van der Waals surface area contributed by atoms with Gasteiger partial charge in [-0.3, -0.25) is 13.9 Å². The van der Waals surface area contributed by atoms with Crippen LogP contribution >= 0.6 is 11.6 Å². The molecule has 0 aliphatic heterocycles. The minimum absolute atomic E-state index is 0.0757. The van der Waals surface area contributed by atoms with E-state index in [2.05, 4.69) is 5.32 Å². The molecule has 2 amide bonds. The Morgan fingerprint density at radius 3 is 2.14 bits per heavy atom. The number of anilines is 1. The van der Waals surface area contributed by atoms with Gasteiger partial charge in [0.2, 0.25) is 11.8 Å². The van der Waals surface area contributed by atoms with Gasteiger partial charge < -0.3 is 10.2 Å². The SMILES string of the molecule is CCCCNC(=O)C(Cc1ccccc1)N(Cc1ccccc1Cl)C(=O)CN(c1ccccc1F)S(=O)(=O)c1ccccc1. The van der Waals surface area contributed by atoms with Gasteiger partial charge in [0.1, 0.15) is 18.4 Å². The number of amides is 2. The molecule has 44 heavy (non-hydrogen) atoms. The molecule has 0 fully saturated rings. The predicted molar refractivity (Wildman–Crippen MR) is 171 cm³/mol. The van der Waals surface area contributed by atoms with Crippen LogP contribution in [0.1, 0.15) is 30.9 Å². The highest BCUT2D eigenvalue weighted by atomic mass is 35.5. The first kappa shape index (κ1) is 32.7. The van der Waals surface area contributed by atoms with Crippen LogP contribution in [0.5, 0.6) is 0 Å². The van der Waals surface area contributed by atoms with Crippen molar-refractivity contribution in [3.63, 3.8) is 0 Å². The zero-order chi connectivity index (χ0) is 31.5. The Bertz CT molecular complexity index is 1660. The number of benzene rings is 4. The van der Waals surface area contributed by atoms with Crippen LogP contribution in [-0.2, 0) is 32.6 Å². The van der Waals surface area contributed by atoms with E-state index in [1.165, 1.54) is 35.2 Å². The van der Waals surface area contributed by atoms with E-state index in [1.807, 2.05) is 37.3 Å². The van der Waals surface area contributed by atoms with Crippen molar-refractivity contribution in [3.8, 4) is 0 Å². The standard InChI is InChI=1S/C34H35ClFN3O4S/c1-2-3-22-37-34(41)32(23-26-14-6-4-7-15-26)38(24-27-16-10-11-19-29(27)35)33(40)25-39(31-21-13-12-20-30(31)36)44(42,43)28-17-8-5-9-18-28/h4-21,32H,2-3,22-25H2,1H3,(H,37,41). The van der Waals surface area contributed by atoms with Gasteiger partial charge in [0.25, 0.3) is 10.0 Å². The number of unbranched alkanes of at least 4 members (excludes halogenated alkanes) is 1. The number of sulfonamides is 1. The van der Waals surface area contributed by atoms with Crippen molar-refractivity contribution in [3.05, 3.63) is 131 Å². The zero-order valence-corrected chi connectivity index (χ0v) is 26.0. The molecule has 7 nitrogen and oxygen atoms in total. The molecule has 0 saturated heterocycles. The molecule has 10 heteroatoms. The van der Waals surface area contributed by atoms with Crippen molar-refractivity contribution < 1.29 is 22.4 Å². The summed E-state index contributed by atoms with van der Waals surface area (Å²) >= 11 is 6.50. The third-order valence-corrected chi connectivity index (χ3v) is 9.27. The van der Waals surface area contributed by atoms with Crippen LogP contribution in [0.25, 0.3) is 0 Å². The van der Waals surface area contributed by atoms with Gasteiger partial charge in [-0.25, -0.2) is 12.8 Å². The van der Waals surface area contributed by atoms with E-state index >= 15 is 4.39 Å². The summed E-state index contributed by atoms with van der Waals surface area (Å²) in [7, 11) is -4.39. The molecule has 0 saturated carbocycles. The molecule has 0 bridgehead atoms. The minimum Gasteiger partial charge on any atom is -0.354 e. The average Bonchev–Trinajstić information content (AvgIpc) is 3.03. The smallest absolute Gasteiger partial charge is 0.264 e. The number of halogens is 2. The summed E-state index contributed by atoms with van der Waals surface area (Å²) in [6.07, 6.45) is 1.78. The van der Waals surface area contributed by atoms with Crippen LogP contribution in [0.15, 0.2) is 114 Å². The summed E-state index contributed by atoms with van der Waals surface area (Å²) in [5.41, 5.74) is 1.10. The maximum absolute atomic E-state index is 15.2. The molecule has 230 valence electrons. The van der Waals surface area contributed by atoms with E-state index < -0.39 is 34.3 Å². The van der Waals surface area contributed by atoms with Crippen LogP contribution in [0, 0.1) is 5.82 Å². The molecular formula is C34H35ClFN3O4S. The fourth-order valence-corrected chi connectivity index (χ4v) is 6.40. The normalized spacial score (nSPS) is 11.9. The van der Waals surface area contributed by atoms with Gasteiger partial charge in [-0.1, -0.05) is 104 Å². The lowest BCUT2D eigenvalue weighted by atomic mass is 10.0. The Labute approximate surface area is 263 Å². The zero-order valence-electron chi connectivity index (χ0n) is 24.4. The van der Waals surface area contributed by atoms with Gasteiger partial charge >= 0.3 is 0 Å². The third kappa shape index (κ3) is 8.24. The lowest BCUT2D eigenvalue weighted by Gasteiger charge is -2.34. The summed E-state index contributed by atoms with van der Waals surface area (Å²) in [6, 6.07) is 28.1. The molecule has 1 atom stereocenters. The van der Waals surface area contributed by atoms with Crippen LogP contribution in [0.2, 0.25) is 5.02 Å². The molecule has 0 radical (unpaired) electrons. The van der Waals surface area contributed by atoms with E-state index in [0.717, 1.165) is 28.8 Å². The lowest BCUT2D eigenvalue weighted by Crippen LogP contribution is -2.53. The second kappa shape index (κ2) is 15.5. The largest absolute Gasteiger partial charge is 0.354 e. The van der Waals surface area contributed by atoms with Gasteiger partial charge in [-0.2, -0.15) is 0 Å². The fourth-order valence-electron chi connectivity index (χ4n) is 4.76. The van der Waals surface area contributed by atoms with E-state index in [1.54, 1.807) is 42.5 Å². The number of carbonyl (C=O) groups is 2. The molecular weight excluding hydrogens is 601 g/mol. The van der Waals surface area contributed by atoms with E-state index in [4.69, 9.17) is 11.6 Å². The van der Waals surface area contributed by atoms with Crippen LogP contribution in [0.3, 0.4) is 0 Å². The maximum atomic E-state index is 15.2. The average molecular weight is 636 g/mol. The Morgan fingerprint density at radius 1 is 0.864 bits per heavy atom. The molecule has 0 aromatic heterocycles. The number of nitrogens with one attached hydrogen (secondary N) is 1. The maximum Gasteiger partial charge on any atom is 0.264 e. The second-order valence-electron chi connectivity index (χ2n) is 10.2. The first-order chi connectivity index (χ1) is 21.2. The second-order valence-corrected chi connectivity index (χ2v) is 12.5. The number of nitrogens with zero attached hydrogens (tertiary/aromatic N) is 2. The van der Waals surface area contributed by atoms with E-state index in [9.17, 15) is 18.0 Å². The molecule has 4 aromatic rings. The Balaban J connectivity index is 1.80. The number of para-hydroxylation sites is 1. The highest BCUT2D eigenvalue weighted by Crippen LogP contribution is 2.28. The summed E-state index contributed by atoms with van der Waals surface area (Å²) in [5.74, 6) is -1.89. The number of rotatable bonds is 14. The van der Waals surface area contributed by atoms with Gasteiger partial charge in [-0.15, -0.1) is 0 Å². The fraction of sp³-hybridized carbons (Fsp3) is 0.235. The molecule has 1 N–H and O–H groups in total. The summed E-state index contributed by atoms with van der Waals surface area (Å²) < 4.78 is 43.8. The molecule has 0 aliphatic carbocycles. The van der Waals surface area contributed by atoms with Gasteiger partial charge in [-0.05, 0) is 47.9 Å². The highest BCUT2D eigenvalue weighted by Gasteiger charge is 2.35. The van der Waals surface area contributed by atoms with Crippen molar-refractivity contribution in [2.75, 3.05) is 17.4 Å². The highest BCUT2D eigenvalue weighted by molar-refractivity contribution is 7.92. The van der Waals surface area contributed by atoms with Crippen molar-refractivity contribution in [2.24, 2.45) is 0 Å². The number of carbonyl (C=O) groups excluding carboxylic acids is 2. The predicted octanol–water partition coefficient (Wildman–Crippen LogP) is 6.23. The lowest BCUT2D eigenvalue weighted by molar-refractivity contribution is -0.140. The Morgan fingerprint density at radius 2 is 1.48 bits per heavy atom.